The molecule has 0 aliphatic carbocycles. The summed E-state index contributed by atoms with van der Waals surface area (Å²) in [6.07, 6.45) is 0. The first kappa shape index (κ1) is 12.1. The number of hydrogen-bond donors (Lipinski definition) is 0. The van der Waals surface area contributed by atoms with Gasteiger partial charge >= 0.3 is 0 Å². The molecule has 0 radical (unpaired) electrons. The number of thiophene rings is 2. The minimum Gasteiger partial charge on any atom is -0.134 e. The largest absolute Gasteiger partial charge is 0.134 e. The number of benzene rings is 2. The predicted octanol–water partition coefficient (Wildman–Crippen LogP) is 6.40. The summed E-state index contributed by atoms with van der Waals surface area (Å²) in [6, 6.07) is 17.4. The summed E-state index contributed by atoms with van der Waals surface area (Å²) in [5, 5.41) is 2.79. The van der Waals surface area contributed by atoms with Crippen LogP contribution in [-0.2, 0) is 0 Å². The Kier molecular flexibility index (Phi) is 2.69. The van der Waals surface area contributed by atoms with Crippen LogP contribution in [0.4, 0.5) is 0 Å². The van der Waals surface area contributed by atoms with Crippen LogP contribution in [0.3, 0.4) is 0 Å². The van der Waals surface area contributed by atoms with Gasteiger partial charge in [-0.25, -0.2) is 0 Å². The average Bonchev–Trinajstić information content (AvgIpc) is 2.98. The molecule has 2 heteroatoms. The van der Waals surface area contributed by atoms with Gasteiger partial charge < -0.3 is 0 Å². The van der Waals surface area contributed by atoms with Crippen molar-refractivity contribution < 1.29 is 0 Å². The van der Waals surface area contributed by atoms with Crippen LogP contribution in [0.15, 0.2) is 48.5 Å². The van der Waals surface area contributed by atoms with E-state index in [4.69, 9.17) is 0 Å². The van der Waals surface area contributed by atoms with E-state index in [0.717, 1.165) is 0 Å². The maximum absolute atomic E-state index is 2.25. The zero-order chi connectivity index (χ0) is 13.7. The molecule has 0 amide bonds. The third kappa shape index (κ3) is 1.65. The second-order valence-electron chi connectivity index (χ2n) is 5.10. The first-order valence-corrected chi connectivity index (χ1v) is 8.35. The molecule has 2 aromatic carbocycles. The minimum absolute atomic E-state index is 1.39. The normalized spacial score (nSPS) is 11.5. The lowest BCUT2D eigenvalue weighted by Gasteiger charge is -1.98. The van der Waals surface area contributed by atoms with E-state index < -0.39 is 0 Å². The Morgan fingerprint density at radius 1 is 0.600 bits per heavy atom. The lowest BCUT2D eigenvalue weighted by Crippen LogP contribution is -1.75. The van der Waals surface area contributed by atoms with Crippen LogP contribution in [0, 0.1) is 13.8 Å². The average molecular weight is 294 g/mol. The molecule has 0 saturated heterocycles. The fraction of sp³-hybridized carbons (Fsp3) is 0.111. The summed E-state index contributed by atoms with van der Waals surface area (Å²) in [5.74, 6) is 0. The van der Waals surface area contributed by atoms with E-state index in [2.05, 4.69) is 62.4 Å². The van der Waals surface area contributed by atoms with Crippen molar-refractivity contribution in [1.82, 2.24) is 0 Å². The molecule has 0 N–H and O–H groups in total. The number of fused-ring (bicyclic) bond motifs is 2. The zero-order valence-corrected chi connectivity index (χ0v) is 13.1. The van der Waals surface area contributed by atoms with Crippen molar-refractivity contribution >= 4 is 42.8 Å². The third-order valence-corrected chi connectivity index (χ3v) is 6.60. The molecule has 0 saturated carbocycles. The molecule has 0 fully saturated rings. The van der Waals surface area contributed by atoms with Crippen molar-refractivity contribution in [3.8, 4) is 9.75 Å². The van der Waals surface area contributed by atoms with Crippen LogP contribution in [0.1, 0.15) is 11.1 Å². The van der Waals surface area contributed by atoms with Gasteiger partial charge in [-0.3, -0.25) is 0 Å². The monoisotopic (exact) mass is 294 g/mol. The van der Waals surface area contributed by atoms with Gasteiger partial charge in [0.05, 0.1) is 0 Å². The molecule has 4 rings (SSSR count). The molecule has 20 heavy (non-hydrogen) atoms. The maximum atomic E-state index is 2.25. The molecular weight excluding hydrogens is 280 g/mol. The Hall–Kier alpha value is -1.64. The first-order valence-electron chi connectivity index (χ1n) is 6.72. The van der Waals surface area contributed by atoms with Gasteiger partial charge in [-0.1, -0.05) is 36.4 Å². The van der Waals surface area contributed by atoms with E-state index in [-0.39, 0.29) is 0 Å². The van der Waals surface area contributed by atoms with Crippen LogP contribution in [-0.4, -0.2) is 0 Å². The van der Waals surface area contributed by atoms with Crippen molar-refractivity contribution in [2.45, 2.75) is 13.8 Å². The first-order chi connectivity index (χ1) is 9.75. The smallest absolute Gasteiger partial charge is 0.0487 e. The van der Waals surface area contributed by atoms with Crippen LogP contribution >= 0.6 is 22.7 Å². The molecule has 0 spiro atoms. The van der Waals surface area contributed by atoms with E-state index in [1.54, 1.807) is 0 Å². The Morgan fingerprint density at radius 3 is 1.40 bits per heavy atom. The molecule has 2 aromatic heterocycles. The fourth-order valence-corrected chi connectivity index (χ4v) is 5.44. The van der Waals surface area contributed by atoms with Gasteiger partial charge in [0.1, 0.15) is 0 Å². The van der Waals surface area contributed by atoms with Crippen LogP contribution in [0.5, 0.6) is 0 Å². The fourth-order valence-electron chi connectivity index (χ4n) is 2.78. The van der Waals surface area contributed by atoms with Gasteiger partial charge in [-0.15, -0.1) is 22.7 Å². The molecule has 4 aromatic rings. The van der Waals surface area contributed by atoms with Crippen molar-refractivity contribution in [3.05, 3.63) is 59.7 Å². The van der Waals surface area contributed by atoms with E-state index in [0.29, 0.717) is 0 Å². The summed E-state index contributed by atoms with van der Waals surface area (Å²) in [6.45, 7) is 4.50. The highest BCUT2D eigenvalue weighted by atomic mass is 32.1. The Bertz CT molecular complexity index is 847. The summed E-state index contributed by atoms with van der Waals surface area (Å²) < 4.78 is 2.77. The Balaban J connectivity index is 2.06. The van der Waals surface area contributed by atoms with Gasteiger partial charge in [0.25, 0.3) is 0 Å². The van der Waals surface area contributed by atoms with E-state index >= 15 is 0 Å². The minimum atomic E-state index is 1.39. The van der Waals surface area contributed by atoms with Crippen molar-refractivity contribution in [2.24, 2.45) is 0 Å². The van der Waals surface area contributed by atoms with Crippen molar-refractivity contribution in [2.75, 3.05) is 0 Å². The highest BCUT2D eigenvalue weighted by Crippen LogP contribution is 2.45. The van der Waals surface area contributed by atoms with Crippen LogP contribution in [0.25, 0.3) is 29.9 Å². The molecule has 0 bridgehead atoms. The lowest BCUT2D eigenvalue weighted by atomic mass is 10.1. The SMILES string of the molecule is Cc1c(-c2sc3ccccc3c2C)sc2ccccc12. The molecule has 0 aliphatic rings. The maximum Gasteiger partial charge on any atom is 0.0487 e. The number of rotatable bonds is 1. The molecular formula is C18H14S2. The molecule has 0 atom stereocenters. The molecule has 98 valence electrons. The summed E-state index contributed by atoms with van der Waals surface area (Å²) in [5.41, 5.74) is 2.83. The van der Waals surface area contributed by atoms with Crippen molar-refractivity contribution in [1.29, 1.82) is 0 Å². The molecule has 0 aliphatic heterocycles. The molecule has 0 nitrogen and oxygen atoms in total. The second kappa shape index (κ2) is 4.44. The van der Waals surface area contributed by atoms with Gasteiger partial charge in [-0.2, -0.15) is 0 Å². The summed E-state index contributed by atoms with van der Waals surface area (Å²) in [4.78, 5) is 2.87. The summed E-state index contributed by atoms with van der Waals surface area (Å²) >= 11 is 3.83. The quantitative estimate of drug-likeness (QED) is 0.381. The van der Waals surface area contributed by atoms with Crippen LogP contribution < -0.4 is 0 Å². The van der Waals surface area contributed by atoms with E-state index in [1.165, 1.54) is 41.1 Å². The highest BCUT2D eigenvalue weighted by molar-refractivity contribution is 7.28. The molecule has 0 unspecified atom stereocenters. The third-order valence-electron chi connectivity index (χ3n) is 3.89. The van der Waals surface area contributed by atoms with E-state index in [9.17, 15) is 0 Å². The van der Waals surface area contributed by atoms with Crippen molar-refractivity contribution in [3.63, 3.8) is 0 Å². The Morgan fingerprint density at radius 2 is 1.00 bits per heavy atom. The number of aryl methyl sites for hydroxylation is 2. The number of hydrogen-bond acceptors (Lipinski definition) is 2. The predicted molar refractivity (Wildman–Crippen MR) is 92.1 cm³/mol. The van der Waals surface area contributed by atoms with Gasteiger partial charge in [0, 0.05) is 19.2 Å². The zero-order valence-electron chi connectivity index (χ0n) is 11.4. The second-order valence-corrected chi connectivity index (χ2v) is 7.21. The highest BCUT2D eigenvalue weighted by Gasteiger charge is 2.15. The van der Waals surface area contributed by atoms with Crippen LogP contribution in [0.2, 0.25) is 0 Å². The van der Waals surface area contributed by atoms with Gasteiger partial charge in [0.15, 0.2) is 0 Å². The topological polar surface area (TPSA) is 0 Å². The molecule has 2 heterocycles. The standard InChI is InChI=1S/C18H14S2/c1-11-13-7-3-5-9-15(13)19-17(11)18-12(2)14-8-4-6-10-16(14)20-18/h3-10H,1-2H3. The lowest BCUT2D eigenvalue weighted by molar-refractivity contribution is 1.55. The summed E-state index contributed by atoms with van der Waals surface area (Å²) in [7, 11) is 0. The van der Waals surface area contributed by atoms with Gasteiger partial charge in [-0.05, 0) is 47.9 Å². The van der Waals surface area contributed by atoms with Gasteiger partial charge in [0.2, 0.25) is 0 Å². The van der Waals surface area contributed by atoms with E-state index in [1.807, 2.05) is 22.7 Å². The Labute approximate surface area is 126 Å².